The van der Waals surface area contributed by atoms with Gasteiger partial charge in [-0.25, -0.2) is 54.4 Å². The second-order valence-electron chi connectivity index (χ2n) is 35.0. The van der Waals surface area contributed by atoms with E-state index < -0.39 is 195 Å². The first kappa shape index (κ1) is 109. The van der Waals surface area contributed by atoms with E-state index in [2.05, 4.69) is 14.8 Å². The lowest BCUT2D eigenvalue weighted by molar-refractivity contribution is -0.140. The van der Waals surface area contributed by atoms with E-state index in [-0.39, 0.29) is 131 Å². The number of aromatic hydroxyl groups is 1. The number of carbonyl (C=O) groups is 1. The lowest BCUT2D eigenvalue weighted by Crippen LogP contribution is -2.44. The molecule has 37 nitrogen and oxygen atoms in total. The minimum absolute atomic E-state index is 0.00177. The quantitative estimate of drug-likeness (QED) is 0.0276. The predicted molar refractivity (Wildman–Crippen MR) is 541 cm³/mol. The molecule has 0 saturated carbocycles. The van der Waals surface area contributed by atoms with Gasteiger partial charge in [0.25, 0.3) is 44.8 Å². The van der Waals surface area contributed by atoms with Crippen molar-refractivity contribution in [2.45, 2.75) is 142 Å². The number of nitrogens with zero attached hydrogens (tertiary/aromatic N) is 10. The van der Waals surface area contributed by atoms with Crippen molar-refractivity contribution in [1.82, 2.24) is 51.0 Å². The zero-order valence-corrected chi connectivity index (χ0v) is 88.2. The minimum atomic E-state index is -6.34. The molecular formula is C94H87F9I4N12O25S. The standard InChI is InChI=1S/C27H24F2IN3O6.C26H26F2IN3O5.C21H18F4IN3O8S.C20H19FIN3O6/c1-14-17(28)6-5-7-20(14)38-21-11-22(34)31(4)24-23(21)25(35)32(12-16-13-37-27(2,3)39-16)26(36)33(24)19-9-8-15(30)10-18(19)29;1-14-17(27)6-5-7-20(14)36-21-11-22(33)32(4)24(31-19-9-8-15(29)10-18(19)28)23(21)25(34)30-12-16-13-35-26(2,3)37-16;1-20(2)35-9-11(36-20)8-28-18(31)16-14(37-38(33,34)21(23,24)25)7-15(30)27(3)17(16)29(19(28)32)13-5-4-10(26)6-12(13)22;1-20(2)30-9-11(31-20)8-24-18(28)16-14(26)7-15(27)23(3)17(16)25(19(24)29)13-5-4-10(22)6-12(13)21/h5-11,16H,12-13H2,1-4H3;5-11,16,31H,12-13H2,1-4H3,(H,30,34);4-7,11H,8-9H2,1-3H3;4-7,11,26H,8-9H2,1-3H3/t2*16-;2*11-/m1111/s1. The summed E-state index contributed by atoms with van der Waals surface area (Å²) in [6.45, 7) is 16.2. The first-order chi connectivity index (χ1) is 67.8. The Hall–Kier alpha value is -11.7. The minimum Gasteiger partial charge on any atom is -0.507 e. The molecule has 145 heavy (non-hydrogen) atoms. The number of fused-ring (bicyclic) bond motifs is 3. The number of aryl methyl sites for hydroxylation is 3. The molecule has 7 aromatic heterocycles. The third-order valence-corrected chi connectivity index (χ3v) is 26.6. The second kappa shape index (κ2) is 42.3. The fourth-order valence-electron chi connectivity index (χ4n) is 15.9. The van der Waals surface area contributed by atoms with Crippen LogP contribution in [0.15, 0.2) is 181 Å². The van der Waals surface area contributed by atoms with Gasteiger partial charge in [0.05, 0.1) is 68.8 Å². The van der Waals surface area contributed by atoms with Gasteiger partial charge in [-0.3, -0.25) is 70.3 Å². The van der Waals surface area contributed by atoms with Gasteiger partial charge >= 0.3 is 32.7 Å². The number of ether oxygens (including phenoxy) is 10. The molecule has 13 aromatic rings. The van der Waals surface area contributed by atoms with Gasteiger partial charge in [0.2, 0.25) is 0 Å². The molecule has 4 aliphatic heterocycles. The third kappa shape index (κ3) is 23.2. The van der Waals surface area contributed by atoms with Gasteiger partial charge in [0.1, 0.15) is 133 Å². The maximum atomic E-state index is 15.3. The molecule has 0 bridgehead atoms. The molecule has 11 heterocycles. The Morgan fingerprint density at radius 1 is 0.428 bits per heavy atom. The number of halogens is 13. The van der Waals surface area contributed by atoms with E-state index in [4.69, 9.17) is 47.4 Å². The van der Waals surface area contributed by atoms with Crippen LogP contribution in [0.4, 0.5) is 51.0 Å². The van der Waals surface area contributed by atoms with Crippen LogP contribution in [-0.2, 0) is 95.8 Å². The lowest BCUT2D eigenvalue weighted by Gasteiger charge is -2.21. The first-order valence-electron chi connectivity index (χ1n) is 43.4. The van der Waals surface area contributed by atoms with E-state index in [1.165, 1.54) is 118 Å². The summed E-state index contributed by atoms with van der Waals surface area (Å²) >= 11 is 7.63. The summed E-state index contributed by atoms with van der Waals surface area (Å²) in [4.78, 5) is 146. The molecule has 770 valence electrons. The maximum Gasteiger partial charge on any atom is 0.534 e. The van der Waals surface area contributed by atoms with E-state index in [0.717, 1.165) is 64.8 Å². The van der Waals surface area contributed by atoms with E-state index in [1.807, 2.05) is 67.8 Å². The molecule has 0 spiro atoms. The Morgan fingerprint density at radius 2 is 0.759 bits per heavy atom. The molecule has 4 atom stereocenters. The molecule has 17 rings (SSSR count). The van der Waals surface area contributed by atoms with E-state index in [0.29, 0.717) is 34.0 Å². The van der Waals surface area contributed by atoms with Crippen LogP contribution >= 0.6 is 90.4 Å². The number of alkyl halides is 3. The van der Waals surface area contributed by atoms with Gasteiger partial charge in [-0.15, -0.1) is 0 Å². The number of carbonyl (C=O) groups excluding carboxylic acids is 1. The van der Waals surface area contributed by atoms with Crippen molar-refractivity contribution in [2.75, 3.05) is 38.3 Å². The molecule has 6 aromatic carbocycles. The normalized spacial score (nSPS) is 17.2. The highest BCUT2D eigenvalue weighted by atomic mass is 127. The number of aromatic nitrogens is 10. The number of pyridine rings is 4. The molecule has 4 aliphatic rings. The van der Waals surface area contributed by atoms with Gasteiger partial charge in [-0.2, -0.15) is 21.6 Å². The second-order valence-corrected chi connectivity index (χ2v) is 41.5. The average molecular weight is 2500 g/mol. The van der Waals surface area contributed by atoms with Crippen molar-refractivity contribution < 1.29 is 109 Å². The number of amides is 1. The van der Waals surface area contributed by atoms with Gasteiger partial charge in [-0.1, -0.05) is 12.1 Å². The SMILES string of the molecule is Cc1c(F)cccc1Oc1cc(=O)n(C)c(Nc2ccc(I)cc2F)c1C(=O)NC[C@@H]1COC(C)(C)O1.Cc1c(F)cccc1Oc1cc(=O)n(C)c2c1c(=O)n(C[C@@H]1COC(C)(C)O1)c(=O)n2-c1ccc(I)cc1F.Cn1c(=O)cc(O)c2c(=O)n(C[C@@H]3COC(C)(C)O3)c(=O)n(-c3ccc(I)cc3F)c21.Cn1c(=O)cc(OS(=O)(=O)C(F)(F)F)c2c(=O)n(C[C@@H]3COC(C)(C)O3)c(=O)n(-c3ccc(I)cc3F)c21. The number of hydrogen-bond acceptors (Lipinski definition) is 26. The summed E-state index contributed by atoms with van der Waals surface area (Å²) in [5.74, 6) is -10.3. The number of anilines is 2. The van der Waals surface area contributed by atoms with Crippen LogP contribution in [0.3, 0.4) is 0 Å². The monoisotopic (exact) mass is 2490 g/mol. The highest BCUT2D eigenvalue weighted by molar-refractivity contribution is 14.1. The van der Waals surface area contributed by atoms with Crippen LogP contribution in [0.25, 0.3) is 50.2 Å². The lowest BCUT2D eigenvalue weighted by atomic mass is 10.1. The highest BCUT2D eigenvalue weighted by Gasteiger charge is 2.50. The maximum absolute atomic E-state index is 15.3. The van der Waals surface area contributed by atoms with Crippen LogP contribution in [0.5, 0.6) is 34.5 Å². The molecule has 0 unspecified atom stereocenters. The summed E-state index contributed by atoms with van der Waals surface area (Å²) in [6, 6.07) is 28.3. The number of nitrogens with one attached hydrogen (secondary N) is 2. The molecular weight excluding hydrogens is 2410 g/mol. The van der Waals surface area contributed by atoms with Crippen molar-refractivity contribution in [3.05, 3.63) is 303 Å². The molecule has 0 aliphatic carbocycles. The Balaban J connectivity index is 0.000000154. The fourth-order valence-corrected chi connectivity index (χ4v) is 18.2. The zero-order valence-electron chi connectivity index (χ0n) is 78.7. The Labute approximate surface area is 867 Å². The molecule has 4 saturated heterocycles. The Morgan fingerprint density at radius 3 is 1.13 bits per heavy atom. The fraction of sp³-hybridized carbons (Fsp3) is 0.330. The van der Waals surface area contributed by atoms with Crippen molar-refractivity contribution in [3.8, 4) is 51.6 Å². The zero-order chi connectivity index (χ0) is 106. The van der Waals surface area contributed by atoms with Crippen LogP contribution in [0.2, 0.25) is 0 Å². The van der Waals surface area contributed by atoms with Crippen LogP contribution in [0.1, 0.15) is 76.9 Å². The van der Waals surface area contributed by atoms with Gasteiger partial charge in [0, 0.05) is 84.4 Å². The van der Waals surface area contributed by atoms with Crippen molar-refractivity contribution in [3.63, 3.8) is 0 Å². The smallest absolute Gasteiger partial charge is 0.507 e. The van der Waals surface area contributed by atoms with Gasteiger partial charge < -0.3 is 67.3 Å². The van der Waals surface area contributed by atoms with E-state index in [1.54, 1.807) is 96.2 Å². The van der Waals surface area contributed by atoms with Crippen LogP contribution in [0, 0.1) is 63.0 Å². The number of rotatable bonds is 20. The molecule has 1 amide bonds. The summed E-state index contributed by atoms with van der Waals surface area (Å²) < 4.78 is 223. The molecule has 0 radical (unpaired) electrons. The largest absolute Gasteiger partial charge is 0.534 e. The van der Waals surface area contributed by atoms with Crippen molar-refractivity contribution in [2.24, 2.45) is 28.2 Å². The Bertz CT molecular complexity index is 8250. The van der Waals surface area contributed by atoms with E-state index >= 15 is 8.78 Å². The van der Waals surface area contributed by atoms with Gasteiger partial charge in [-0.05, 0) is 257 Å². The van der Waals surface area contributed by atoms with Crippen molar-refractivity contribution in [1.29, 1.82) is 0 Å². The van der Waals surface area contributed by atoms with Crippen LogP contribution < -0.4 is 80.3 Å². The number of hydrogen-bond donors (Lipinski definition) is 3. The molecule has 3 N–H and O–H groups in total. The van der Waals surface area contributed by atoms with E-state index in [9.17, 15) is 97.0 Å². The Kier molecular flexibility index (Phi) is 31.8. The summed E-state index contributed by atoms with van der Waals surface area (Å²) in [7, 11) is -1.14. The molecule has 4 fully saturated rings. The first-order valence-corrected chi connectivity index (χ1v) is 49.1. The third-order valence-electron chi connectivity index (χ3n) is 23.0. The average Bonchev–Trinajstić information content (AvgIpc) is 1.58. The predicted octanol–water partition coefficient (Wildman–Crippen LogP) is 12.4. The summed E-state index contributed by atoms with van der Waals surface area (Å²) in [5, 5.41) is 14.7. The summed E-state index contributed by atoms with van der Waals surface area (Å²) in [5.41, 5.74) is -16.2. The molecule has 51 heteroatoms. The topological polar surface area (TPSA) is 417 Å². The summed E-state index contributed by atoms with van der Waals surface area (Å²) in [6.07, 6.45) is -2.55. The van der Waals surface area contributed by atoms with Gasteiger partial charge in [0.15, 0.2) is 28.9 Å². The van der Waals surface area contributed by atoms with Crippen molar-refractivity contribution >= 4 is 151 Å². The van der Waals surface area contributed by atoms with Crippen LogP contribution in [-0.4, -0.2) is 151 Å². The number of benzene rings is 6. The highest BCUT2D eigenvalue weighted by Crippen LogP contribution is 2.39.